The van der Waals surface area contributed by atoms with Crippen molar-refractivity contribution in [1.29, 1.82) is 0 Å². The fourth-order valence-electron chi connectivity index (χ4n) is 1.64. The second-order valence-electron chi connectivity index (χ2n) is 4.42. The zero-order chi connectivity index (χ0) is 13.4. The first-order valence-corrected chi connectivity index (χ1v) is 6.23. The molecule has 3 nitrogen and oxygen atoms in total. The molecule has 0 radical (unpaired) electrons. The van der Waals surface area contributed by atoms with Gasteiger partial charge in [-0.2, -0.15) is 0 Å². The van der Waals surface area contributed by atoms with Crippen LogP contribution in [0.4, 0.5) is 8.78 Å². The van der Waals surface area contributed by atoms with Crippen LogP contribution in [-0.4, -0.2) is 36.4 Å². The Labute approximate surface area is 107 Å². The lowest BCUT2D eigenvalue weighted by molar-refractivity contribution is 0.0970. The summed E-state index contributed by atoms with van der Waals surface area (Å²) in [5.41, 5.74) is 1.93. The van der Waals surface area contributed by atoms with Crippen molar-refractivity contribution in [3.05, 3.63) is 29.6 Å². The van der Waals surface area contributed by atoms with E-state index < -0.39 is 6.43 Å². The molecule has 0 unspecified atom stereocenters. The molecule has 0 bridgehead atoms. The van der Waals surface area contributed by atoms with Crippen molar-refractivity contribution < 1.29 is 8.78 Å². The number of nitrogens with zero attached hydrogens (tertiary/aromatic N) is 2. The van der Waals surface area contributed by atoms with Crippen LogP contribution in [0.15, 0.2) is 18.3 Å². The van der Waals surface area contributed by atoms with Gasteiger partial charge in [0.15, 0.2) is 0 Å². The molecule has 1 aromatic rings. The number of rotatable bonds is 8. The first-order chi connectivity index (χ1) is 8.61. The van der Waals surface area contributed by atoms with Crippen LogP contribution >= 0.6 is 0 Å². The molecule has 1 rings (SSSR count). The molecule has 0 fully saturated rings. The van der Waals surface area contributed by atoms with Gasteiger partial charge in [0.2, 0.25) is 0 Å². The van der Waals surface area contributed by atoms with Gasteiger partial charge in [-0.3, -0.25) is 9.88 Å². The van der Waals surface area contributed by atoms with Crippen LogP contribution in [0.3, 0.4) is 0 Å². The Hall–Kier alpha value is -1.07. The van der Waals surface area contributed by atoms with Crippen LogP contribution in [0.25, 0.3) is 0 Å². The maximum Gasteiger partial charge on any atom is 0.251 e. The number of nitrogens with one attached hydrogen (secondary N) is 1. The van der Waals surface area contributed by atoms with Crippen LogP contribution in [0.5, 0.6) is 0 Å². The molecule has 1 aromatic heterocycles. The minimum atomic E-state index is -2.30. The lowest BCUT2D eigenvalue weighted by atomic mass is 10.2. The molecule has 0 aliphatic heterocycles. The highest BCUT2D eigenvalue weighted by Crippen LogP contribution is 2.04. The predicted molar refractivity (Wildman–Crippen MR) is 68.6 cm³/mol. The Morgan fingerprint density at radius 1 is 1.39 bits per heavy atom. The van der Waals surface area contributed by atoms with Crippen LogP contribution < -0.4 is 5.32 Å². The Kier molecular flexibility index (Phi) is 6.75. The normalized spacial score (nSPS) is 11.4. The Bertz CT molecular complexity index is 328. The van der Waals surface area contributed by atoms with Gasteiger partial charge < -0.3 is 5.32 Å². The predicted octanol–water partition coefficient (Wildman–Crippen LogP) is 2.28. The molecular formula is C13H21F2N3. The van der Waals surface area contributed by atoms with Gasteiger partial charge in [0.1, 0.15) is 0 Å². The Morgan fingerprint density at radius 2 is 2.17 bits per heavy atom. The standard InChI is InChI=1S/C13H21F2N3/c1-3-6-16-7-11-4-5-12(17-8-11)9-18(2)10-13(14)15/h4-5,8,13,16H,3,6-7,9-10H2,1-2H3. The molecule has 18 heavy (non-hydrogen) atoms. The Balaban J connectivity index is 2.39. The van der Waals surface area contributed by atoms with Crippen molar-refractivity contribution in [3.63, 3.8) is 0 Å². The van der Waals surface area contributed by atoms with Crippen molar-refractivity contribution >= 4 is 0 Å². The first kappa shape index (κ1) is 15.0. The highest BCUT2D eigenvalue weighted by Gasteiger charge is 2.08. The van der Waals surface area contributed by atoms with E-state index in [-0.39, 0.29) is 6.54 Å². The summed E-state index contributed by atoms with van der Waals surface area (Å²) in [5, 5.41) is 3.29. The summed E-state index contributed by atoms with van der Waals surface area (Å²) in [4.78, 5) is 5.85. The third-order valence-corrected chi connectivity index (χ3v) is 2.52. The maximum atomic E-state index is 12.2. The van der Waals surface area contributed by atoms with Crippen molar-refractivity contribution in [2.24, 2.45) is 0 Å². The number of hydrogen-bond acceptors (Lipinski definition) is 3. The van der Waals surface area contributed by atoms with Crippen molar-refractivity contribution in [2.75, 3.05) is 20.1 Å². The molecule has 0 aliphatic rings. The quantitative estimate of drug-likeness (QED) is 0.724. The van der Waals surface area contributed by atoms with Gasteiger partial charge in [-0.1, -0.05) is 13.0 Å². The first-order valence-electron chi connectivity index (χ1n) is 6.23. The van der Waals surface area contributed by atoms with E-state index in [4.69, 9.17) is 0 Å². The molecule has 5 heteroatoms. The number of pyridine rings is 1. The lowest BCUT2D eigenvalue weighted by Crippen LogP contribution is -2.24. The number of alkyl halides is 2. The molecule has 1 heterocycles. The fourth-order valence-corrected chi connectivity index (χ4v) is 1.64. The van der Waals surface area contributed by atoms with Gasteiger partial charge in [0.25, 0.3) is 6.43 Å². The largest absolute Gasteiger partial charge is 0.313 e. The summed E-state index contributed by atoms with van der Waals surface area (Å²) in [5.74, 6) is 0. The average molecular weight is 257 g/mol. The molecule has 1 N–H and O–H groups in total. The van der Waals surface area contributed by atoms with Gasteiger partial charge in [-0.15, -0.1) is 0 Å². The summed E-state index contributed by atoms with van der Waals surface area (Å²) in [7, 11) is 1.67. The minimum absolute atomic E-state index is 0.221. The van der Waals surface area contributed by atoms with Crippen LogP contribution in [0.2, 0.25) is 0 Å². The third-order valence-electron chi connectivity index (χ3n) is 2.52. The Morgan fingerprint density at radius 3 is 2.72 bits per heavy atom. The van der Waals surface area contributed by atoms with E-state index in [2.05, 4.69) is 17.2 Å². The van der Waals surface area contributed by atoms with Gasteiger partial charge >= 0.3 is 0 Å². The highest BCUT2D eigenvalue weighted by molar-refractivity contribution is 5.13. The van der Waals surface area contributed by atoms with Gasteiger partial charge in [-0.05, 0) is 31.6 Å². The minimum Gasteiger partial charge on any atom is -0.313 e. The zero-order valence-corrected chi connectivity index (χ0v) is 11.0. The topological polar surface area (TPSA) is 28.2 Å². The highest BCUT2D eigenvalue weighted by atomic mass is 19.3. The second kappa shape index (κ2) is 8.11. The van der Waals surface area contributed by atoms with E-state index in [1.807, 2.05) is 12.1 Å². The van der Waals surface area contributed by atoms with E-state index >= 15 is 0 Å². The van der Waals surface area contributed by atoms with Gasteiger partial charge in [-0.25, -0.2) is 8.78 Å². The SMILES string of the molecule is CCCNCc1ccc(CN(C)CC(F)F)nc1. The van der Waals surface area contributed by atoms with Crippen molar-refractivity contribution in [3.8, 4) is 0 Å². The summed E-state index contributed by atoms with van der Waals surface area (Å²) >= 11 is 0. The molecule has 0 spiro atoms. The van der Waals surface area contributed by atoms with E-state index in [0.29, 0.717) is 6.54 Å². The molecule has 0 amide bonds. The van der Waals surface area contributed by atoms with Crippen LogP contribution in [0, 0.1) is 0 Å². The third kappa shape index (κ3) is 6.02. The second-order valence-corrected chi connectivity index (χ2v) is 4.42. The smallest absolute Gasteiger partial charge is 0.251 e. The summed E-state index contributed by atoms with van der Waals surface area (Å²) in [6.45, 7) is 4.13. The average Bonchev–Trinajstić information content (AvgIpc) is 2.30. The summed E-state index contributed by atoms with van der Waals surface area (Å²) in [6.07, 6.45) is 0.602. The molecule has 0 saturated heterocycles. The van der Waals surface area contributed by atoms with Crippen LogP contribution in [0.1, 0.15) is 24.6 Å². The molecule has 0 atom stereocenters. The van der Waals surface area contributed by atoms with E-state index in [1.165, 1.54) is 0 Å². The van der Waals surface area contributed by atoms with Crippen LogP contribution in [-0.2, 0) is 13.1 Å². The number of hydrogen-bond donors (Lipinski definition) is 1. The van der Waals surface area contributed by atoms with Gasteiger partial charge in [0, 0.05) is 19.3 Å². The van der Waals surface area contributed by atoms with E-state index in [0.717, 1.165) is 30.8 Å². The van der Waals surface area contributed by atoms with Gasteiger partial charge in [0.05, 0.1) is 12.2 Å². The van der Waals surface area contributed by atoms with Crippen molar-refractivity contribution in [2.45, 2.75) is 32.9 Å². The maximum absolute atomic E-state index is 12.2. The number of aromatic nitrogens is 1. The lowest BCUT2D eigenvalue weighted by Gasteiger charge is -2.15. The van der Waals surface area contributed by atoms with E-state index in [1.54, 1.807) is 18.1 Å². The molecule has 0 aromatic carbocycles. The van der Waals surface area contributed by atoms with Crippen molar-refractivity contribution in [1.82, 2.24) is 15.2 Å². The van der Waals surface area contributed by atoms with E-state index in [9.17, 15) is 8.78 Å². The molecule has 0 saturated carbocycles. The molecule has 102 valence electrons. The zero-order valence-electron chi connectivity index (χ0n) is 11.0. The number of halogens is 2. The summed E-state index contributed by atoms with van der Waals surface area (Å²) in [6, 6.07) is 3.88. The molecule has 0 aliphatic carbocycles. The summed E-state index contributed by atoms with van der Waals surface area (Å²) < 4.78 is 24.3. The monoisotopic (exact) mass is 257 g/mol. The molecular weight excluding hydrogens is 236 g/mol. The fraction of sp³-hybridized carbons (Fsp3) is 0.615.